The van der Waals surface area contributed by atoms with Crippen LogP contribution in [0.2, 0.25) is 0 Å². The third-order valence-electron chi connectivity index (χ3n) is 3.72. The second-order valence-corrected chi connectivity index (χ2v) is 5.60. The summed E-state index contributed by atoms with van der Waals surface area (Å²) in [4.78, 5) is 0. The van der Waals surface area contributed by atoms with Gasteiger partial charge in [0, 0.05) is 0 Å². The Kier molecular flexibility index (Phi) is 5.21. The number of hydrogen-bond donors (Lipinski definition) is 1. The molecule has 0 aromatic heterocycles. The minimum atomic E-state index is -0.483. The van der Waals surface area contributed by atoms with Crippen molar-refractivity contribution in [3.63, 3.8) is 0 Å². The zero-order valence-corrected chi connectivity index (χ0v) is 14.2. The predicted molar refractivity (Wildman–Crippen MR) is 96.7 cm³/mol. The summed E-state index contributed by atoms with van der Waals surface area (Å²) in [5, 5.41) is 9.52. The fourth-order valence-corrected chi connectivity index (χ4v) is 2.31. The third kappa shape index (κ3) is 4.52. The van der Waals surface area contributed by atoms with Crippen LogP contribution >= 0.6 is 0 Å². The molecule has 1 atom stereocenters. The minimum Gasteiger partial charge on any atom is -0.497 e. The molecule has 1 unspecified atom stereocenters. The van der Waals surface area contributed by atoms with E-state index in [0.717, 1.165) is 22.8 Å². The van der Waals surface area contributed by atoms with Crippen LogP contribution < -0.4 is 14.2 Å². The highest BCUT2D eigenvalue weighted by Gasteiger charge is 2.03. The molecular formula is C21H20O4. The van der Waals surface area contributed by atoms with Crippen molar-refractivity contribution in [1.82, 2.24) is 0 Å². The molecule has 128 valence electrons. The predicted octanol–water partition coefficient (Wildman–Crippen LogP) is 5.33. The van der Waals surface area contributed by atoms with E-state index in [0.29, 0.717) is 11.5 Å². The van der Waals surface area contributed by atoms with Crippen LogP contribution in [-0.2, 0) is 0 Å². The molecule has 0 fully saturated rings. The smallest absolute Gasteiger partial charge is 0.127 e. The number of rotatable bonds is 6. The number of methoxy groups -OCH3 is 1. The average Bonchev–Trinajstić information content (AvgIpc) is 2.64. The summed E-state index contributed by atoms with van der Waals surface area (Å²) in [6.07, 6.45) is -0.483. The minimum absolute atomic E-state index is 0.483. The Morgan fingerprint density at radius 3 is 1.24 bits per heavy atom. The molecule has 0 saturated heterocycles. The van der Waals surface area contributed by atoms with Gasteiger partial charge in [0.05, 0.1) is 13.2 Å². The van der Waals surface area contributed by atoms with Crippen molar-refractivity contribution in [1.29, 1.82) is 0 Å². The van der Waals surface area contributed by atoms with E-state index in [1.54, 1.807) is 14.0 Å². The lowest BCUT2D eigenvalue weighted by Gasteiger charge is -2.10. The largest absolute Gasteiger partial charge is 0.497 e. The van der Waals surface area contributed by atoms with E-state index in [2.05, 4.69) is 0 Å². The van der Waals surface area contributed by atoms with Gasteiger partial charge < -0.3 is 19.3 Å². The molecule has 0 bridgehead atoms. The maximum atomic E-state index is 9.52. The van der Waals surface area contributed by atoms with Gasteiger partial charge in [-0.3, -0.25) is 0 Å². The molecule has 0 aliphatic rings. The van der Waals surface area contributed by atoms with E-state index in [-0.39, 0.29) is 0 Å². The fourth-order valence-electron chi connectivity index (χ4n) is 2.31. The molecule has 0 amide bonds. The van der Waals surface area contributed by atoms with E-state index in [1.165, 1.54) is 0 Å². The first-order valence-corrected chi connectivity index (χ1v) is 8.02. The molecule has 0 spiro atoms. The van der Waals surface area contributed by atoms with Crippen molar-refractivity contribution < 1.29 is 19.3 Å². The van der Waals surface area contributed by atoms with Crippen LogP contribution in [-0.4, -0.2) is 12.2 Å². The summed E-state index contributed by atoms with van der Waals surface area (Å²) in [6.45, 7) is 1.73. The van der Waals surface area contributed by atoms with Crippen LogP contribution in [0.1, 0.15) is 18.6 Å². The van der Waals surface area contributed by atoms with Gasteiger partial charge in [-0.15, -0.1) is 0 Å². The molecule has 3 rings (SSSR count). The van der Waals surface area contributed by atoms with E-state index in [9.17, 15) is 5.11 Å². The summed E-state index contributed by atoms with van der Waals surface area (Å²) in [6, 6.07) is 22.2. The second kappa shape index (κ2) is 7.73. The Labute approximate surface area is 147 Å². The van der Waals surface area contributed by atoms with Crippen LogP contribution in [0.3, 0.4) is 0 Å². The van der Waals surface area contributed by atoms with Gasteiger partial charge in [-0.1, -0.05) is 12.1 Å². The van der Waals surface area contributed by atoms with E-state index >= 15 is 0 Å². The lowest BCUT2D eigenvalue weighted by molar-refractivity contribution is 0.199. The highest BCUT2D eigenvalue weighted by Crippen LogP contribution is 2.28. The fraction of sp³-hybridized carbons (Fsp3) is 0.143. The summed E-state index contributed by atoms with van der Waals surface area (Å²) in [5.41, 5.74) is 0.857. The van der Waals surface area contributed by atoms with Gasteiger partial charge in [-0.2, -0.15) is 0 Å². The van der Waals surface area contributed by atoms with Crippen LogP contribution in [0.4, 0.5) is 0 Å². The number of aliphatic hydroxyl groups excluding tert-OH is 1. The highest BCUT2D eigenvalue weighted by molar-refractivity contribution is 5.39. The van der Waals surface area contributed by atoms with Gasteiger partial charge in [0.2, 0.25) is 0 Å². The lowest BCUT2D eigenvalue weighted by atomic mass is 10.1. The van der Waals surface area contributed by atoms with Crippen molar-refractivity contribution in [2.45, 2.75) is 13.0 Å². The first-order valence-electron chi connectivity index (χ1n) is 8.02. The molecule has 0 aliphatic carbocycles. The monoisotopic (exact) mass is 336 g/mol. The number of benzene rings is 3. The van der Waals surface area contributed by atoms with Gasteiger partial charge >= 0.3 is 0 Å². The Bertz CT molecular complexity index is 791. The Morgan fingerprint density at radius 1 is 0.600 bits per heavy atom. The Morgan fingerprint density at radius 2 is 0.920 bits per heavy atom. The van der Waals surface area contributed by atoms with E-state index in [4.69, 9.17) is 14.2 Å². The van der Waals surface area contributed by atoms with E-state index < -0.39 is 6.10 Å². The first-order chi connectivity index (χ1) is 12.1. The molecule has 4 nitrogen and oxygen atoms in total. The maximum Gasteiger partial charge on any atom is 0.127 e. The first kappa shape index (κ1) is 16.9. The Balaban J connectivity index is 1.63. The summed E-state index contributed by atoms with van der Waals surface area (Å²) >= 11 is 0. The zero-order valence-electron chi connectivity index (χ0n) is 14.2. The number of ether oxygens (including phenoxy) is 3. The standard InChI is InChI=1S/C21H20O4/c1-15(22)16-3-5-18(6-4-16)24-20-11-13-21(14-12-20)25-19-9-7-17(23-2)8-10-19/h3-15,22H,1-2H3. The molecule has 0 saturated carbocycles. The molecule has 3 aromatic rings. The van der Waals surface area contributed by atoms with Gasteiger partial charge in [0.15, 0.2) is 0 Å². The average molecular weight is 336 g/mol. The summed E-state index contributed by atoms with van der Waals surface area (Å²) < 4.78 is 16.7. The van der Waals surface area contributed by atoms with Crippen LogP contribution in [0.25, 0.3) is 0 Å². The SMILES string of the molecule is COc1ccc(Oc2ccc(Oc3ccc(C(C)O)cc3)cc2)cc1. The molecule has 25 heavy (non-hydrogen) atoms. The highest BCUT2D eigenvalue weighted by atomic mass is 16.5. The van der Waals surface area contributed by atoms with E-state index in [1.807, 2.05) is 72.8 Å². The Hall–Kier alpha value is -2.98. The van der Waals surface area contributed by atoms with Crippen molar-refractivity contribution in [2.75, 3.05) is 7.11 Å². The van der Waals surface area contributed by atoms with Crippen LogP contribution in [0.15, 0.2) is 72.8 Å². The van der Waals surface area contributed by atoms with Gasteiger partial charge in [-0.05, 0) is 73.2 Å². The molecule has 1 N–H and O–H groups in total. The van der Waals surface area contributed by atoms with Crippen molar-refractivity contribution in [3.8, 4) is 28.7 Å². The van der Waals surface area contributed by atoms with Crippen LogP contribution in [0, 0.1) is 0 Å². The molecule has 3 aromatic carbocycles. The second-order valence-electron chi connectivity index (χ2n) is 5.60. The van der Waals surface area contributed by atoms with Crippen LogP contribution in [0.5, 0.6) is 28.7 Å². The van der Waals surface area contributed by atoms with Crippen molar-refractivity contribution in [3.05, 3.63) is 78.4 Å². The normalized spacial score (nSPS) is 11.6. The summed E-state index contributed by atoms with van der Waals surface area (Å²) in [7, 11) is 1.63. The molecule has 0 aliphatic heterocycles. The van der Waals surface area contributed by atoms with Gasteiger partial charge in [0.25, 0.3) is 0 Å². The van der Waals surface area contributed by atoms with Crippen molar-refractivity contribution in [2.24, 2.45) is 0 Å². The molecule has 0 radical (unpaired) electrons. The van der Waals surface area contributed by atoms with Gasteiger partial charge in [0.1, 0.15) is 28.7 Å². The topological polar surface area (TPSA) is 47.9 Å². The molecule has 4 heteroatoms. The number of hydrogen-bond acceptors (Lipinski definition) is 4. The van der Waals surface area contributed by atoms with Gasteiger partial charge in [-0.25, -0.2) is 0 Å². The maximum absolute atomic E-state index is 9.52. The molecular weight excluding hydrogens is 316 g/mol. The summed E-state index contributed by atoms with van der Waals surface area (Å²) in [5.74, 6) is 3.68. The lowest BCUT2D eigenvalue weighted by Crippen LogP contribution is -1.91. The van der Waals surface area contributed by atoms with Crippen molar-refractivity contribution >= 4 is 0 Å². The quantitative estimate of drug-likeness (QED) is 0.660. The molecule has 0 heterocycles. The number of aliphatic hydroxyl groups is 1. The zero-order chi connectivity index (χ0) is 17.6. The third-order valence-corrected chi connectivity index (χ3v) is 3.72.